The number of nitrogens with zero attached hydrogens (tertiary/aromatic N) is 2. The number of allylic oxidation sites excluding steroid dienone is 1. The smallest absolute Gasteiger partial charge is 0.370 e. The Morgan fingerprint density at radius 3 is 2.74 bits per heavy atom. The summed E-state index contributed by atoms with van der Waals surface area (Å²) in [6.07, 6.45) is 1.72. The van der Waals surface area contributed by atoms with E-state index in [9.17, 15) is 13.2 Å². The lowest BCUT2D eigenvalue weighted by Gasteiger charge is -2.10. The number of nitrogens with one attached hydrogen (secondary N) is 1. The van der Waals surface area contributed by atoms with Gasteiger partial charge in [-0.3, -0.25) is 0 Å². The molecule has 0 radical (unpaired) electrons. The summed E-state index contributed by atoms with van der Waals surface area (Å²) >= 11 is 5.56. The highest BCUT2D eigenvalue weighted by Gasteiger charge is 2.35. The van der Waals surface area contributed by atoms with Gasteiger partial charge in [-0.25, -0.2) is 9.97 Å². The first-order chi connectivity index (χ1) is 8.95. The summed E-state index contributed by atoms with van der Waals surface area (Å²) in [6.45, 7) is 0.538. The van der Waals surface area contributed by atoms with Crippen LogP contribution in [0.2, 0.25) is 5.15 Å². The van der Waals surface area contributed by atoms with Crippen LogP contribution < -0.4 is 5.32 Å². The monoisotopic (exact) mass is 291 g/mol. The molecular formula is C12H13ClF3N3. The van der Waals surface area contributed by atoms with Crippen molar-refractivity contribution >= 4 is 17.4 Å². The minimum Gasteiger partial charge on any atom is -0.370 e. The van der Waals surface area contributed by atoms with E-state index in [-0.39, 0.29) is 11.0 Å². The third-order valence-corrected chi connectivity index (χ3v) is 3.03. The van der Waals surface area contributed by atoms with Crippen molar-refractivity contribution in [3.8, 4) is 0 Å². The van der Waals surface area contributed by atoms with Crippen LogP contribution >= 0.6 is 11.6 Å². The molecule has 19 heavy (non-hydrogen) atoms. The van der Waals surface area contributed by atoms with Gasteiger partial charge in [0.1, 0.15) is 11.0 Å². The minimum absolute atomic E-state index is 0.103. The molecule has 2 rings (SSSR count). The first kappa shape index (κ1) is 14.1. The summed E-state index contributed by atoms with van der Waals surface area (Å²) in [5.41, 5.74) is 1.34. The van der Waals surface area contributed by atoms with Gasteiger partial charge in [-0.1, -0.05) is 23.3 Å². The Labute approximate surface area is 113 Å². The molecule has 1 aliphatic rings. The zero-order valence-corrected chi connectivity index (χ0v) is 10.9. The Morgan fingerprint density at radius 1 is 1.32 bits per heavy atom. The van der Waals surface area contributed by atoms with Gasteiger partial charge in [-0.15, -0.1) is 0 Å². The summed E-state index contributed by atoms with van der Waals surface area (Å²) in [4.78, 5) is 6.59. The molecule has 0 unspecified atom stereocenters. The summed E-state index contributed by atoms with van der Waals surface area (Å²) in [6, 6.07) is 1.29. The molecule has 0 spiro atoms. The fraction of sp³-hybridized carbons (Fsp3) is 0.500. The molecule has 0 amide bonds. The first-order valence-corrected chi connectivity index (χ1v) is 6.36. The van der Waals surface area contributed by atoms with Gasteiger partial charge in [0, 0.05) is 12.6 Å². The second-order valence-corrected chi connectivity index (χ2v) is 4.72. The van der Waals surface area contributed by atoms with Crippen LogP contribution in [0.15, 0.2) is 17.7 Å². The summed E-state index contributed by atoms with van der Waals surface area (Å²) in [5.74, 6) is -1.12. The molecule has 0 fully saturated rings. The predicted molar refractivity (Wildman–Crippen MR) is 67.1 cm³/mol. The predicted octanol–water partition coefficient (Wildman–Crippen LogP) is 4.06. The number of aromatic nitrogens is 2. The number of hydrogen-bond acceptors (Lipinski definition) is 3. The van der Waals surface area contributed by atoms with E-state index < -0.39 is 12.0 Å². The van der Waals surface area contributed by atoms with Crippen LogP contribution in [-0.2, 0) is 6.18 Å². The Bertz CT molecular complexity index is 486. The van der Waals surface area contributed by atoms with Crippen molar-refractivity contribution in [2.75, 3.05) is 11.9 Å². The molecule has 0 saturated carbocycles. The highest BCUT2D eigenvalue weighted by Crippen LogP contribution is 2.28. The fourth-order valence-corrected chi connectivity index (χ4v) is 2.13. The molecule has 3 nitrogen and oxygen atoms in total. The quantitative estimate of drug-likeness (QED) is 0.671. The number of hydrogen-bond donors (Lipinski definition) is 1. The summed E-state index contributed by atoms with van der Waals surface area (Å²) in [7, 11) is 0. The van der Waals surface area contributed by atoms with E-state index in [2.05, 4.69) is 21.4 Å². The van der Waals surface area contributed by atoms with Crippen LogP contribution in [0, 0.1) is 0 Å². The van der Waals surface area contributed by atoms with Crippen LogP contribution in [-0.4, -0.2) is 16.5 Å². The number of halogens is 4. The first-order valence-electron chi connectivity index (χ1n) is 5.99. The molecule has 1 aromatic rings. The van der Waals surface area contributed by atoms with Crippen molar-refractivity contribution in [2.24, 2.45) is 0 Å². The Kier molecular flexibility index (Phi) is 4.29. The van der Waals surface area contributed by atoms with Gasteiger partial charge < -0.3 is 5.32 Å². The fourth-order valence-electron chi connectivity index (χ4n) is 1.95. The van der Waals surface area contributed by atoms with E-state index in [1.54, 1.807) is 0 Å². The zero-order chi connectivity index (χ0) is 13.9. The average molecular weight is 292 g/mol. The molecule has 104 valence electrons. The molecule has 0 bridgehead atoms. The molecular weight excluding hydrogens is 279 g/mol. The average Bonchev–Trinajstić information content (AvgIpc) is 2.80. The molecule has 1 aromatic heterocycles. The largest absolute Gasteiger partial charge is 0.451 e. The third-order valence-electron chi connectivity index (χ3n) is 2.84. The number of anilines is 1. The highest BCUT2D eigenvalue weighted by molar-refractivity contribution is 6.29. The lowest BCUT2D eigenvalue weighted by Crippen LogP contribution is -2.13. The Balaban J connectivity index is 1.98. The second kappa shape index (κ2) is 5.77. The minimum atomic E-state index is -4.59. The SMILES string of the molecule is FC(F)(F)c1nc(Cl)cc(NCCC2=CCCC2)n1. The number of rotatable bonds is 4. The standard InChI is InChI=1S/C12H13ClF3N3/c13-9-7-10(19-11(18-9)12(14,15)16)17-6-5-8-3-1-2-4-8/h3,7H,1-2,4-6H2,(H,17,18,19). The molecule has 1 N–H and O–H groups in total. The second-order valence-electron chi connectivity index (χ2n) is 4.33. The van der Waals surface area contributed by atoms with E-state index in [0.717, 1.165) is 25.7 Å². The van der Waals surface area contributed by atoms with Gasteiger partial charge in [0.2, 0.25) is 5.82 Å². The summed E-state index contributed by atoms with van der Waals surface area (Å²) in [5, 5.41) is 2.63. The van der Waals surface area contributed by atoms with Gasteiger partial charge >= 0.3 is 6.18 Å². The van der Waals surface area contributed by atoms with Gasteiger partial charge in [-0.05, 0) is 25.7 Å². The highest BCUT2D eigenvalue weighted by atomic mass is 35.5. The topological polar surface area (TPSA) is 37.8 Å². The van der Waals surface area contributed by atoms with Crippen molar-refractivity contribution in [3.05, 3.63) is 28.7 Å². The van der Waals surface area contributed by atoms with Gasteiger partial charge in [0.25, 0.3) is 0 Å². The maximum atomic E-state index is 12.5. The van der Waals surface area contributed by atoms with Crippen molar-refractivity contribution in [2.45, 2.75) is 31.9 Å². The van der Waals surface area contributed by atoms with E-state index in [1.807, 2.05) is 0 Å². The van der Waals surface area contributed by atoms with Crippen LogP contribution in [0.4, 0.5) is 19.0 Å². The van der Waals surface area contributed by atoms with Crippen LogP contribution in [0.5, 0.6) is 0 Å². The van der Waals surface area contributed by atoms with E-state index in [0.29, 0.717) is 6.54 Å². The molecule has 1 heterocycles. The Morgan fingerprint density at radius 2 is 2.11 bits per heavy atom. The molecule has 7 heteroatoms. The normalized spacial score (nSPS) is 15.5. The lowest BCUT2D eigenvalue weighted by atomic mass is 10.2. The molecule has 0 atom stereocenters. The van der Waals surface area contributed by atoms with Gasteiger partial charge in [-0.2, -0.15) is 13.2 Å². The maximum absolute atomic E-state index is 12.5. The van der Waals surface area contributed by atoms with Crippen molar-refractivity contribution in [3.63, 3.8) is 0 Å². The van der Waals surface area contributed by atoms with E-state index in [4.69, 9.17) is 11.6 Å². The Hall–Kier alpha value is -1.30. The van der Waals surface area contributed by atoms with Gasteiger partial charge in [0.15, 0.2) is 0 Å². The van der Waals surface area contributed by atoms with E-state index >= 15 is 0 Å². The molecule has 0 aliphatic heterocycles. The summed E-state index contributed by atoms with van der Waals surface area (Å²) < 4.78 is 37.5. The van der Waals surface area contributed by atoms with Crippen LogP contribution in [0.3, 0.4) is 0 Å². The zero-order valence-electron chi connectivity index (χ0n) is 10.1. The van der Waals surface area contributed by atoms with Crippen LogP contribution in [0.25, 0.3) is 0 Å². The molecule has 0 saturated heterocycles. The number of alkyl halides is 3. The van der Waals surface area contributed by atoms with E-state index in [1.165, 1.54) is 11.6 Å². The van der Waals surface area contributed by atoms with Crippen LogP contribution in [0.1, 0.15) is 31.5 Å². The maximum Gasteiger partial charge on any atom is 0.451 e. The lowest BCUT2D eigenvalue weighted by molar-refractivity contribution is -0.144. The molecule has 0 aromatic carbocycles. The van der Waals surface area contributed by atoms with Crippen molar-refractivity contribution in [1.82, 2.24) is 9.97 Å². The van der Waals surface area contributed by atoms with Gasteiger partial charge in [0.05, 0.1) is 0 Å². The molecule has 1 aliphatic carbocycles. The third kappa shape index (κ3) is 4.09. The van der Waals surface area contributed by atoms with Crippen molar-refractivity contribution in [1.29, 1.82) is 0 Å². The van der Waals surface area contributed by atoms with Crippen molar-refractivity contribution < 1.29 is 13.2 Å².